The normalized spacial score (nSPS) is 13.8. The molecule has 2 atom stereocenters. The fourth-order valence-corrected chi connectivity index (χ4v) is 1.87. The minimum Gasteiger partial charge on any atom is -0.497 e. The lowest BCUT2D eigenvalue weighted by Gasteiger charge is -2.14. The van der Waals surface area contributed by atoms with E-state index < -0.39 is 5.97 Å². The van der Waals surface area contributed by atoms with E-state index in [1.165, 1.54) is 0 Å². The number of benzene rings is 1. The van der Waals surface area contributed by atoms with Gasteiger partial charge in [0.05, 0.1) is 19.6 Å². The van der Waals surface area contributed by atoms with Crippen LogP contribution in [-0.4, -0.2) is 24.8 Å². The topological polar surface area (TPSA) is 55.8 Å². The molecule has 0 spiro atoms. The highest BCUT2D eigenvalue weighted by molar-refractivity contribution is 5.69. The number of carbonyl (C=O) groups is 1. The third-order valence-corrected chi connectivity index (χ3v) is 3.01. The number of carboxylic acid groups (broad SMARTS) is 1. The van der Waals surface area contributed by atoms with Crippen molar-refractivity contribution in [1.82, 2.24) is 0 Å². The summed E-state index contributed by atoms with van der Waals surface area (Å²) in [6.45, 7) is 4.84. The molecule has 0 aliphatic carbocycles. The van der Waals surface area contributed by atoms with Gasteiger partial charge >= 0.3 is 5.97 Å². The van der Waals surface area contributed by atoms with Gasteiger partial charge in [-0.05, 0) is 30.0 Å². The van der Waals surface area contributed by atoms with E-state index in [1.54, 1.807) is 14.0 Å². The first-order chi connectivity index (χ1) is 9.02. The van der Waals surface area contributed by atoms with Gasteiger partial charge in [-0.2, -0.15) is 0 Å². The summed E-state index contributed by atoms with van der Waals surface area (Å²) in [5, 5.41) is 8.83. The molecule has 1 rings (SSSR count). The molecule has 4 nitrogen and oxygen atoms in total. The average molecular weight is 266 g/mol. The number of methoxy groups -OCH3 is 1. The number of hydrogen-bond donors (Lipinski definition) is 1. The molecular formula is C15H22O4. The average Bonchev–Trinajstić information content (AvgIpc) is 2.39. The number of aliphatic carboxylic acids is 1. The van der Waals surface area contributed by atoms with Crippen molar-refractivity contribution in [3.8, 4) is 5.75 Å². The molecule has 0 unspecified atom stereocenters. The van der Waals surface area contributed by atoms with Gasteiger partial charge in [-0.1, -0.05) is 26.0 Å². The molecule has 0 bridgehead atoms. The number of hydrogen-bond acceptors (Lipinski definition) is 3. The smallest absolute Gasteiger partial charge is 0.306 e. The molecule has 0 aliphatic rings. The highest BCUT2D eigenvalue weighted by atomic mass is 16.5. The zero-order chi connectivity index (χ0) is 14.3. The third-order valence-electron chi connectivity index (χ3n) is 3.01. The van der Waals surface area contributed by atoms with Crippen LogP contribution in [0.1, 0.15) is 25.8 Å². The first-order valence-electron chi connectivity index (χ1n) is 6.46. The minimum absolute atomic E-state index is 0.240. The quantitative estimate of drug-likeness (QED) is 0.786. The van der Waals surface area contributed by atoms with Gasteiger partial charge in [0.15, 0.2) is 0 Å². The van der Waals surface area contributed by atoms with E-state index in [1.807, 2.05) is 31.2 Å². The number of carboxylic acids is 1. The van der Waals surface area contributed by atoms with Crippen LogP contribution in [0.5, 0.6) is 5.75 Å². The standard InChI is InChI=1S/C15H22O4/c1-11(8-12(2)15(16)17)9-19-10-13-4-6-14(18-3)7-5-13/h4-7,11-12H,8-10H2,1-3H3,(H,16,17)/t11-,12-/m1/s1. The lowest BCUT2D eigenvalue weighted by Crippen LogP contribution is -2.16. The van der Waals surface area contributed by atoms with Crippen molar-refractivity contribution < 1.29 is 19.4 Å². The minimum atomic E-state index is -0.748. The molecular weight excluding hydrogens is 244 g/mol. The van der Waals surface area contributed by atoms with Crippen molar-refractivity contribution in [3.05, 3.63) is 29.8 Å². The highest BCUT2D eigenvalue weighted by Crippen LogP contribution is 2.15. The van der Waals surface area contributed by atoms with Crippen LogP contribution in [-0.2, 0) is 16.1 Å². The first-order valence-corrected chi connectivity index (χ1v) is 6.46. The van der Waals surface area contributed by atoms with E-state index in [4.69, 9.17) is 14.6 Å². The van der Waals surface area contributed by atoms with Crippen LogP contribution in [0.2, 0.25) is 0 Å². The maximum atomic E-state index is 10.7. The van der Waals surface area contributed by atoms with Crippen molar-refractivity contribution in [3.63, 3.8) is 0 Å². The Kier molecular flexibility index (Phi) is 6.36. The van der Waals surface area contributed by atoms with Crippen molar-refractivity contribution in [2.45, 2.75) is 26.9 Å². The van der Waals surface area contributed by atoms with Crippen LogP contribution in [0, 0.1) is 11.8 Å². The Hall–Kier alpha value is -1.55. The molecule has 1 N–H and O–H groups in total. The molecule has 1 aromatic rings. The van der Waals surface area contributed by atoms with E-state index in [0.29, 0.717) is 19.6 Å². The summed E-state index contributed by atoms with van der Waals surface area (Å²) in [5.74, 6) is -0.00154. The number of rotatable bonds is 8. The van der Waals surface area contributed by atoms with Gasteiger partial charge in [-0.25, -0.2) is 0 Å². The van der Waals surface area contributed by atoms with Crippen LogP contribution in [0.4, 0.5) is 0 Å². The maximum absolute atomic E-state index is 10.7. The van der Waals surface area contributed by atoms with E-state index in [9.17, 15) is 4.79 Å². The molecule has 0 amide bonds. The summed E-state index contributed by atoms with van der Waals surface area (Å²) in [4.78, 5) is 10.7. The second-order valence-electron chi connectivity index (χ2n) is 4.94. The van der Waals surface area contributed by atoms with E-state index >= 15 is 0 Å². The Morgan fingerprint density at radius 1 is 1.26 bits per heavy atom. The second kappa shape index (κ2) is 7.79. The van der Waals surface area contributed by atoms with Crippen LogP contribution in [0.3, 0.4) is 0 Å². The molecule has 1 aromatic carbocycles. The fraction of sp³-hybridized carbons (Fsp3) is 0.533. The lowest BCUT2D eigenvalue weighted by atomic mass is 9.98. The van der Waals surface area contributed by atoms with E-state index in [-0.39, 0.29) is 11.8 Å². The Morgan fingerprint density at radius 3 is 2.42 bits per heavy atom. The summed E-state index contributed by atoms with van der Waals surface area (Å²) in [7, 11) is 1.64. The lowest BCUT2D eigenvalue weighted by molar-refractivity contribution is -0.141. The van der Waals surface area contributed by atoms with Crippen molar-refractivity contribution >= 4 is 5.97 Å². The second-order valence-corrected chi connectivity index (χ2v) is 4.94. The highest BCUT2D eigenvalue weighted by Gasteiger charge is 2.15. The van der Waals surface area contributed by atoms with Crippen LogP contribution in [0.15, 0.2) is 24.3 Å². The van der Waals surface area contributed by atoms with Gasteiger partial charge < -0.3 is 14.6 Å². The maximum Gasteiger partial charge on any atom is 0.306 e. The largest absolute Gasteiger partial charge is 0.497 e. The molecule has 106 valence electrons. The van der Waals surface area contributed by atoms with E-state index in [2.05, 4.69) is 0 Å². The molecule has 0 aromatic heterocycles. The monoisotopic (exact) mass is 266 g/mol. The fourth-order valence-electron chi connectivity index (χ4n) is 1.87. The molecule has 19 heavy (non-hydrogen) atoms. The van der Waals surface area contributed by atoms with Crippen LogP contribution in [0.25, 0.3) is 0 Å². The summed E-state index contributed by atoms with van der Waals surface area (Å²) >= 11 is 0. The van der Waals surface area contributed by atoms with Crippen molar-refractivity contribution in [2.24, 2.45) is 11.8 Å². The van der Waals surface area contributed by atoms with Crippen LogP contribution >= 0.6 is 0 Å². The summed E-state index contributed by atoms with van der Waals surface area (Å²) in [6.07, 6.45) is 0.637. The SMILES string of the molecule is COc1ccc(COC[C@H](C)C[C@@H](C)C(=O)O)cc1. The van der Waals surface area contributed by atoms with Crippen LogP contribution < -0.4 is 4.74 Å². The Balaban J connectivity index is 2.27. The van der Waals surface area contributed by atoms with Gasteiger partial charge in [-0.15, -0.1) is 0 Å². The molecule has 0 fully saturated rings. The molecule has 4 heteroatoms. The zero-order valence-electron chi connectivity index (χ0n) is 11.8. The predicted molar refractivity (Wildman–Crippen MR) is 73.2 cm³/mol. The zero-order valence-corrected chi connectivity index (χ0v) is 11.8. The predicted octanol–water partition coefficient (Wildman–Crippen LogP) is 2.96. The van der Waals surface area contributed by atoms with Gasteiger partial charge in [0, 0.05) is 6.61 Å². The summed E-state index contributed by atoms with van der Waals surface area (Å²) < 4.78 is 10.7. The van der Waals surface area contributed by atoms with Gasteiger partial charge in [0.2, 0.25) is 0 Å². The Labute approximate surface area is 114 Å². The van der Waals surface area contributed by atoms with Crippen molar-refractivity contribution in [2.75, 3.05) is 13.7 Å². The summed E-state index contributed by atoms with van der Waals surface area (Å²) in [5.41, 5.74) is 1.08. The Morgan fingerprint density at radius 2 is 1.89 bits per heavy atom. The molecule has 0 radical (unpaired) electrons. The van der Waals surface area contributed by atoms with Gasteiger partial charge in [0.1, 0.15) is 5.75 Å². The molecule has 0 saturated carbocycles. The summed E-state index contributed by atoms with van der Waals surface area (Å²) in [6, 6.07) is 7.72. The van der Waals surface area contributed by atoms with Gasteiger partial charge in [0.25, 0.3) is 0 Å². The Bertz CT molecular complexity index is 386. The van der Waals surface area contributed by atoms with E-state index in [0.717, 1.165) is 11.3 Å². The first kappa shape index (κ1) is 15.5. The molecule has 0 aliphatic heterocycles. The van der Waals surface area contributed by atoms with Crippen molar-refractivity contribution in [1.29, 1.82) is 0 Å². The van der Waals surface area contributed by atoms with Gasteiger partial charge in [-0.3, -0.25) is 4.79 Å². The number of ether oxygens (including phenoxy) is 2. The molecule has 0 saturated heterocycles. The third kappa shape index (κ3) is 5.75. The molecule has 0 heterocycles.